The second-order valence-corrected chi connectivity index (χ2v) is 4.30. The maximum atomic E-state index is 12.9. The lowest BCUT2D eigenvalue weighted by molar-refractivity contribution is 0.110. The van der Waals surface area contributed by atoms with Gasteiger partial charge in [0.1, 0.15) is 5.82 Å². The molecule has 1 fully saturated rings. The standard InChI is InChI=1S/C12H16FN/c1-9(2)14-7-11(8-14)10-4-3-5-12(13)6-10/h3-6,9,11H,7-8H2,1-2H3. The Morgan fingerprint density at radius 2 is 2.07 bits per heavy atom. The Hall–Kier alpha value is -0.890. The summed E-state index contributed by atoms with van der Waals surface area (Å²) in [5, 5.41) is 0. The first-order valence-corrected chi connectivity index (χ1v) is 5.16. The van der Waals surface area contributed by atoms with Crippen molar-refractivity contribution in [2.75, 3.05) is 13.1 Å². The number of hydrogen-bond acceptors (Lipinski definition) is 1. The smallest absolute Gasteiger partial charge is 0.123 e. The molecule has 0 spiro atoms. The molecule has 0 saturated carbocycles. The zero-order chi connectivity index (χ0) is 10.1. The molecular weight excluding hydrogens is 177 g/mol. The van der Waals surface area contributed by atoms with Crippen LogP contribution in [0.25, 0.3) is 0 Å². The van der Waals surface area contributed by atoms with Crippen molar-refractivity contribution >= 4 is 0 Å². The fourth-order valence-corrected chi connectivity index (χ4v) is 1.91. The lowest BCUT2D eigenvalue weighted by Crippen LogP contribution is -2.48. The lowest BCUT2D eigenvalue weighted by atomic mass is 9.90. The van der Waals surface area contributed by atoms with Crippen LogP contribution < -0.4 is 0 Å². The SMILES string of the molecule is CC(C)N1CC(c2cccc(F)c2)C1. The molecule has 0 atom stereocenters. The second kappa shape index (κ2) is 3.70. The number of benzene rings is 1. The summed E-state index contributed by atoms with van der Waals surface area (Å²) in [4.78, 5) is 2.40. The summed E-state index contributed by atoms with van der Waals surface area (Å²) in [6.45, 7) is 6.53. The molecule has 2 rings (SSSR count). The highest BCUT2D eigenvalue weighted by Crippen LogP contribution is 2.28. The first kappa shape index (κ1) is 9.66. The number of rotatable bonds is 2. The molecule has 1 aromatic rings. The third-order valence-corrected chi connectivity index (χ3v) is 2.96. The Labute approximate surface area is 84.5 Å². The van der Waals surface area contributed by atoms with Gasteiger partial charge in [0.25, 0.3) is 0 Å². The van der Waals surface area contributed by atoms with Crippen LogP contribution in [0.5, 0.6) is 0 Å². The van der Waals surface area contributed by atoms with Crippen molar-refractivity contribution in [2.45, 2.75) is 25.8 Å². The minimum Gasteiger partial charge on any atom is -0.300 e. The van der Waals surface area contributed by atoms with Crippen molar-refractivity contribution in [3.05, 3.63) is 35.6 Å². The number of likely N-dealkylation sites (tertiary alicyclic amines) is 1. The molecular formula is C12H16FN. The Balaban J connectivity index is 2.00. The van der Waals surface area contributed by atoms with Gasteiger partial charge < -0.3 is 0 Å². The highest BCUT2D eigenvalue weighted by molar-refractivity contribution is 5.23. The Morgan fingerprint density at radius 1 is 1.36 bits per heavy atom. The van der Waals surface area contributed by atoms with Crippen LogP contribution in [0.1, 0.15) is 25.3 Å². The Morgan fingerprint density at radius 3 is 2.64 bits per heavy atom. The highest BCUT2D eigenvalue weighted by atomic mass is 19.1. The van der Waals surface area contributed by atoms with E-state index < -0.39 is 0 Å². The van der Waals surface area contributed by atoms with Gasteiger partial charge in [0.05, 0.1) is 0 Å². The molecule has 0 unspecified atom stereocenters. The molecule has 0 radical (unpaired) electrons. The summed E-state index contributed by atoms with van der Waals surface area (Å²) in [6, 6.07) is 7.58. The van der Waals surface area contributed by atoms with Gasteiger partial charge in [-0.25, -0.2) is 4.39 Å². The van der Waals surface area contributed by atoms with E-state index in [9.17, 15) is 4.39 Å². The average molecular weight is 193 g/mol. The van der Waals surface area contributed by atoms with Crippen molar-refractivity contribution in [3.8, 4) is 0 Å². The summed E-state index contributed by atoms with van der Waals surface area (Å²) < 4.78 is 12.9. The maximum Gasteiger partial charge on any atom is 0.123 e. The fourth-order valence-electron chi connectivity index (χ4n) is 1.91. The number of hydrogen-bond donors (Lipinski definition) is 0. The van der Waals surface area contributed by atoms with Gasteiger partial charge in [-0.1, -0.05) is 12.1 Å². The molecule has 14 heavy (non-hydrogen) atoms. The third-order valence-electron chi connectivity index (χ3n) is 2.96. The van der Waals surface area contributed by atoms with Gasteiger partial charge in [-0.15, -0.1) is 0 Å². The van der Waals surface area contributed by atoms with Gasteiger partial charge in [-0.3, -0.25) is 4.90 Å². The largest absolute Gasteiger partial charge is 0.300 e. The third kappa shape index (κ3) is 1.80. The zero-order valence-corrected chi connectivity index (χ0v) is 8.70. The van der Waals surface area contributed by atoms with Crippen molar-refractivity contribution < 1.29 is 4.39 Å². The summed E-state index contributed by atoms with van der Waals surface area (Å²) in [7, 11) is 0. The number of nitrogens with zero attached hydrogens (tertiary/aromatic N) is 1. The van der Waals surface area contributed by atoms with E-state index in [1.807, 2.05) is 6.07 Å². The number of halogens is 1. The maximum absolute atomic E-state index is 12.9. The van der Waals surface area contributed by atoms with E-state index in [0.717, 1.165) is 18.7 Å². The van der Waals surface area contributed by atoms with Gasteiger partial charge in [0.2, 0.25) is 0 Å². The highest BCUT2D eigenvalue weighted by Gasteiger charge is 2.29. The molecule has 1 aliphatic heterocycles. The molecule has 0 amide bonds. The fraction of sp³-hybridized carbons (Fsp3) is 0.500. The molecule has 1 nitrogen and oxygen atoms in total. The van der Waals surface area contributed by atoms with Gasteiger partial charge in [-0.05, 0) is 31.5 Å². The molecule has 0 aliphatic carbocycles. The molecule has 0 N–H and O–H groups in total. The summed E-state index contributed by atoms with van der Waals surface area (Å²) in [5.41, 5.74) is 1.14. The second-order valence-electron chi connectivity index (χ2n) is 4.30. The monoisotopic (exact) mass is 193 g/mol. The average Bonchev–Trinajstić information content (AvgIpc) is 2.00. The van der Waals surface area contributed by atoms with Crippen molar-refractivity contribution in [2.24, 2.45) is 0 Å². The van der Waals surface area contributed by atoms with E-state index >= 15 is 0 Å². The predicted octanol–water partition coefficient (Wildman–Crippen LogP) is 2.63. The lowest BCUT2D eigenvalue weighted by Gasteiger charge is -2.42. The molecule has 76 valence electrons. The van der Waals surface area contributed by atoms with Crippen LogP contribution in [0.4, 0.5) is 4.39 Å². The van der Waals surface area contributed by atoms with E-state index in [2.05, 4.69) is 18.7 Å². The van der Waals surface area contributed by atoms with Gasteiger partial charge in [0, 0.05) is 25.0 Å². The van der Waals surface area contributed by atoms with E-state index in [1.165, 1.54) is 6.07 Å². The topological polar surface area (TPSA) is 3.24 Å². The van der Waals surface area contributed by atoms with Gasteiger partial charge >= 0.3 is 0 Å². The minimum absolute atomic E-state index is 0.120. The van der Waals surface area contributed by atoms with Crippen LogP contribution >= 0.6 is 0 Å². The van der Waals surface area contributed by atoms with Crippen LogP contribution in [0.3, 0.4) is 0 Å². The van der Waals surface area contributed by atoms with Crippen LogP contribution in [0.2, 0.25) is 0 Å². The molecule has 1 saturated heterocycles. The summed E-state index contributed by atoms with van der Waals surface area (Å²) in [6.07, 6.45) is 0. The van der Waals surface area contributed by atoms with E-state index in [1.54, 1.807) is 12.1 Å². The van der Waals surface area contributed by atoms with Gasteiger partial charge in [0.15, 0.2) is 0 Å². The first-order valence-electron chi connectivity index (χ1n) is 5.16. The minimum atomic E-state index is -0.120. The van der Waals surface area contributed by atoms with E-state index in [0.29, 0.717) is 12.0 Å². The quantitative estimate of drug-likeness (QED) is 0.698. The summed E-state index contributed by atoms with van der Waals surface area (Å²) in [5.74, 6) is 0.415. The molecule has 1 aromatic carbocycles. The van der Waals surface area contributed by atoms with Crippen molar-refractivity contribution in [3.63, 3.8) is 0 Å². The van der Waals surface area contributed by atoms with Gasteiger partial charge in [-0.2, -0.15) is 0 Å². The van der Waals surface area contributed by atoms with E-state index in [4.69, 9.17) is 0 Å². The normalized spacial score (nSPS) is 18.6. The molecule has 2 heteroatoms. The van der Waals surface area contributed by atoms with Crippen molar-refractivity contribution in [1.82, 2.24) is 4.90 Å². The predicted molar refractivity (Wildman–Crippen MR) is 55.9 cm³/mol. The zero-order valence-electron chi connectivity index (χ0n) is 8.70. The molecule has 0 bridgehead atoms. The van der Waals surface area contributed by atoms with Crippen molar-refractivity contribution in [1.29, 1.82) is 0 Å². The van der Waals surface area contributed by atoms with Crippen LogP contribution in [0, 0.1) is 5.82 Å². The molecule has 1 aliphatic rings. The molecule has 0 aromatic heterocycles. The van der Waals surface area contributed by atoms with Crippen LogP contribution in [-0.2, 0) is 0 Å². The Bertz CT molecular complexity index is 316. The van der Waals surface area contributed by atoms with Crippen LogP contribution in [-0.4, -0.2) is 24.0 Å². The van der Waals surface area contributed by atoms with E-state index in [-0.39, 0.29) is 5.82 Å². The first-order chi connectivity index (χ1) is 6.66. The Kier molecular flexibility index (Phi) is 2.55. The summed E-state index contributed by atoms with van der Waals surface area (Å²) >= 11 is 0. The van der Waals surface area contributed by atoms with Crippen LogP contribution in [0.15, 0.2) is 24.3 Å². The molecule has 1 heterocycles.